The quantitative estimate of drug-likeness (QED) is 0.438. The molecule has 2 nitrogen and oxygen atoms in total. The van der Waals surface area contributed by atoms with Crippen LogP contribution in [0.1, 0.15) is 53.4 Å². The third-order valence-electron chi connectivity index (χ3n) is 1.88. The first-order chi connectivity index (χ1) is 6.20. The van der Waals surface area contributed by atoms with Gasteiger partial charge in [0.25, 0.3) is 0 Å². The van der Waals surface area contributed by atoms with E-state index in [1.54, 1.807) is 0 Å². The smallest absolute Gasteiger partial charge is 0.0360 e. The van der Waals surface area contributed by atoms with Crippen molar-refractivity contribution in [3.63, 3.8) is 0 Å². The van der Waals surface area contributed by atoms with Crippen LogP contribution in [0.2, 0.25) is 0 Å². The molecule has 0 unspecified atom stereocenters. The predicted octanol–water partition coefficient (Wildman–Crippen LogP) is 3.28. The molecule has 0 aromatic heterocycles. The lowest BCUT2D eigenvalue weighted by Crippen LogP contribution is -2.21. The zero-order chi connectivity index (χ0) is 10.1. The van der Waals surface area contributed by atoms with E-state index in [9.17, 15) is 0 Å². The van der Waals surface area contributed by atoms with E-state index >= 15 is 0 Å². The van der Waals surface area contributed by atoms with Crippen LogP contribution in [0.4, 0.5) is 0 Å². The fourth-order valence-corrected chi connectivity index (χ4v) is 1.18. The third kappa shape index (κ3) is 7.82. The second kappa shape index (κ2) is 8.09. The van der Waals surface area contributed by atoms with Crippen LogP contribution in [0.3, 0.4) is 0 Å². The van der Waals surface area contributed by atoms with Crippen LogP contribution in [-0.4, -0.2) is 23.8 Å². The van der Waals surface area contributed by atoms with E-state index in [2.05, 4.69) is 37.8 Å². The largest absolute Gasteiger partial charge is 0.297 e. The lowest BCUT2D eigenvalue weighted by molar-refractivity contribution is 0.278. The monoisotopic (exact) mass is 184 g/mol. The molecule has 13 heavy (non-hydrogen) atoms. The van der Waals surface area contributed by atoms with Gasteiger partial charge in [-0.15, -0.1) is 0 Å². The van der Waals surface area contributed by atoms with Gasteiger partial charge in [0.2, 0.25) is 0 Å². The SMILES string of the molecule is CCCCN(CCCC)N=C(C)C. The Morgan fingerprint density at radius 1 is 1.00 bits per heavy atom. The first-order valence-corrected chi connectivity index (χ1v) is 5.47. The molecule has 0 aliphatic heterocycles. The molecule has 0 spiro atoms. The van der Waals surface area contributed by atoms with E-state index in [1.165, 1.54) is 25.7 Å². The molecule has 0 bridgehead atoms. The Hall–Kier alpha value is -0.530. The van der Waals surface area contributed by atoms with Crippen molar-refractivity contribution in [2.75, 3.05) is 13.1 Å². The first kappa shape index (κ1) is 12.5. The maximum Gasteiger partial charge on any atom is 0.0360 e. The molecule has 0 radical (unpaired) electrons. The molecule has 0 atom stereocenters. The van der Waals surface area contributed by atoms with E-state index < -0.39 is 0 Å². The van der Waals surface area contributed by atoms with Gasteiger partial charge in [0.15, 0.2) is 0 Å². The Bertz CT molecular complexity index is 129. The second-order valence-electron chi connectivity index (χ2n) is 3.71. The zero-order valence-electron chi connectivity index (χ0n) is 9.64. The van der Waals surface area contributed by atoms with E-state index in [-0.39, 0.29) is 0 Å². The topological polar surface area (TPSA) is 15.6 Å². The summed E-state index contributed by atoms with van der Waals surface area (Å²) >= 11 is 0. The first-order valence-electron chi connectivity index (χ1n) is 5.47. The third-order valence-corrected chi connectivity index (χ3v) is 1.88. The fraction of sp³-hybridized carbons (Fsp3) is 0.909. The number of hydrogen-bond acceptors (Lipinski definition) is 2. The Kier molecular flexibility index (Phi) is 7.76. The molecule has 0 aromatic carbocycles. The molecule has 0 aliphatic carbocycles. The van der Waals surface area contributed by atoms with Gasteiger partial charge in [-0.1, -0.05) is 26.7 Å². The number of rotatable bonds is 7. The Morgan fingerprint density at radius 3 is 1.77 bits per heavy atom. The van der Waals surface area contributed by atoms with Gasteiger partial charge in [-0.05, 0) is 26.7 Å². The molecule has 2 heteroatoms. The minimum atomic E-state index is 1.11. The van der Waals surface area contributed by atoms with Gasteiger partial charge in [-0.2, -0.15) is 5.10 Å². The molecule has 0 N–H and O–H groups in total. The Balaban J connectivity index is 3.80. The molecule has 0 saturated carbocycles. The average Bonchev–Trinajstić information content (AvgIpc) is 2.09. The van der Waals surface area contributed by atoms with Gasteiger partial charge in [-0.25, -0.2) is 0 Å². The number of hydrazone groups is 1. The predicted molar refractivity (Wildman–Crippen MR) is 60.2 cm³/mol. The maximum atomic E-state index is 4.50. The number of nitrogens with zero attached hydrogens (tertiary/aromatic N) is 2. The molecular formula is C11H24N2. The number of unbranched alkanes of at least 4 members (excludes halogenated alkanes) is 2. The van der Waals surface area contributed by atoms with Crippen molar-refractivity contribution in [3.8, 4) is 0 Å². The maximum absolute atomic E-state index is 4.50. The molecule has 0 amide bonds. The Labute approximate surface area is 83.0 Å². The van der Waals surface area contributed by atoms with Crippen molar-refractivity contribution in [2.45, 2.75) is 53.4 Å². The molecule has 0 fully saturated rings. The molecule has 0 rings (SSSR count). The fourth-order valence-electron chi connectivity index (χ4n) is 1.18. The van der Waals surface area contributed by atoms with E-state index in [1.807, 2.05) is 0 Å². The van der Waals surface area contributed by atoms with Crippen LogP contribution in [0.25, 0.3) is 0 Å². The Morgan fingerprint density at radius 2 is 1.46 bits per heavy atom. The van der Waals surface area contributed by atoms with Crippen LogP contribution < -0.4 is 0 Å². The van der Waals surface area contributed by atoms with E-state index in [0.717, 1.165) is 18.8 Å². The summed E-state index contributed by atoms with van der Waals surface area (Å²) < 4.78 is 0. The highest BCUT2D eigenvalue weighted by molar-refractivity contribution is 5.78. The summed E-state index contributed by atoms with van der Waals surface area (Å²) in [5.74, 6) is 0. The van der Waals surface area contributed by atoms with Crippen molar-refractivity contribution in [1.29, 1.82) is 0 Å². The van der Waals surface area contributed by atoms with Crippen molar-refractivity contribution >= 4 is 5.71 Å². The van der Waals surface area contributed by atoms with Gasteiger partial charge >= 0.3 is 0 Å². The highest BCUT2D eigenvalue weighted by Crippen LogP contribution is 2.00. The van der Waals surface area contributed by atoms with Crippen molar-refractivity contribution in [2.24, 2.45) is 5.10 Å². The van der Waals surface area contributed by atoms with Crippen LogP contribution in [0, 0.1) is 0 Å². The average molecular weight is 184 g/mol. The molecule has 0 saturated heterocycles. The molecule has 0 heterocycles. The van der Waals surface area contributed by atoms with Crippen LogP contribution in [0.15, 0.2) is 5.10 Å². The second-order valence-corrected chi connectivity index (χ2v) is 3.71. The summed E-state index contributed by atoms with van der Waals surface area (Å²) in [6, 6.07) is 0. The summed E-state index contributed by atoms with van der Waals surface area (Å²) in [7, 11) is 0. The molecule has 0 aromatic rings. The van der Waals surface area contributed by atoms with E-state index in [0.29, 0.717) is 0 Å². The van der Waals surface area contributed by atoms with Crippen LogP contribution >= 0.6 is 0 Å². The van der Waals surface area contributed by atoms with Crippen LogP contribution in [-0.2, 0) is 0 Å². The molecular weight excluding hydrogens is 160 g/mol. The summed E-state index contributed by atoms with van der Waals surface area (Å²) in [6.45, 7) is 10.8. The van der Waals surface area contributed by atoms with Gasteiger partial charge in [0.1, 0.15) is 0 Å². The van der Waals surface area contributed by atoms with Crippen molar-refractivity contribution in [1.82, 2.24) is 5.01 Å². The lowest BCUT2D eigenvalue weighted by atomic mass is 10.3. The molecule has 0 aliphatic rings. The highest BCUT2D eigenvalue weighted by Gasteiger charge is 1.98. The summed E-state index contributed by atoms with van der Waals surface area (Å²) in [4.78, 5) is 0. The normalized spacial score (nSPS) is 9.85. The lowest BCUT2D eigenvalue weighted by Gasteiger charge is -2.18. The molecule has 78 valence electrons. The summed E-state index contributed by atoms with van der Waals surface area (Å²) in [5.41, 5.74) is 1.16. The zero-order valence-corrected chi connectivity index (χ0v) is 9.64. The van der Waals surface area contributed by atoms with Gasteiger partial charge in [-0.3, -0.25) is 5.01 Å². The number of hydrogen-bond donors (Lipinski definition) is 0. The van der Waals surface area contributed by atoms with Crippen molar-refractivity contribution < 1.29 is 0 Å². The van der Waals surface area contributed by atoms with Gasteiger partial charge < -0.3 is 0 Å². The standard InChI is InChI=1S/C11H24N2/c1-5-7-9-13(10-8-6-2)12-11(3)4/h5-10H2,1-4H3. The minimum absolute atomic E-state index is 1.11. The summed E-state index contributed by atoms with van der Waals surface area (Å²) in [6.07, 6.45) is 5.00. The van der Waals surface area contributed by atoms with Crippen molar-refractivity contribution in [3.05, 3.63) is 0 Å². The van der Waals surface area contributed by atoms with E-state index in [4.69, 9.17) is 0 Å². The minimum Gasteiger partial charge on any atom is -0.297 e. The van der Waals surface area contributed by atoms with Gasteiger partial charge in [0, 0.05) is 18.8 Å². The van der Waals surface area contributed by atoms with Crippen LogP contribution in [0.5, 0.6) is 0 Å². The highest BCUT2D eigenvalue weighted by atomic mass is 15.4. The van der Waals surface area contributed by atoms with Gasteiger partial charge in [0.05, 0.1) is 0 Å². The summed E-state index contributed by atoms with van der Waals surface area (Å²) in [5, 5.41) is 6.71.